The molecule has 0 bridgehead atoms. The van der Waals surface area contributed by atoms with Crippen molar-refractivity contribution in [3.05, 3.63) is 66.0 Å². The fourth-order valence-corrected chi connectivity index (χ4v) is 4.25. The highest BCUT2D eigenvalue weighted by atomic mass is 16.5. The van der Waals surface area contributed by atoms with E-state index in [9.17, 15) is 4.79 Å². The summed E-state index contributed by atoms with van der Waals surface area (Å²) in [5, 5.41) is 3.10. The zero-order chi connectivity index (χ0) is 20.0. The third kappa shape index (κ3) is 5.10. The van der Waals surface area contributed by atoms with Gasteiger partial charge in [-0.1, -0.05) is 36.4 Å². The van der Waals surface area contributed by atoms with Crippen LogP contribution in [0.3, 0.4) is 0 Å². The minimum Gasteiger partial charge on any atom is -0.376 e. The molecule has 1 N–H and O–H groups in total. The Bertz CT molecular complexity index is 764. The molecule has 0 aliphatic carbocycles. The van der Waals surface area contributed by atoms with E-state index in [1.807, 2.05) is 19.2 Å². The monoisotopic (exact) mass is 381 g/mol. The zero-order valence-corrected chi connectivity index (χ0v) is 17.1. The summed E-state index contributed by atoms with van der Waals surface area (Å²) in [5.74, 6) is 0. The smallest absolute Gasteiger partial charge is 0.317 e. The van der Waals surface area contributed by atoms with Crippen LogP contribution in [0.5, 0.6) is 0 Å². The zero-order valence-electron chi connectivity index (χ0n) is 17.1. The number of carbonyl (C=O) groups is 1. The summed E-state index contributed by atoms with van der Waals surface area (Å²) in [5.41, 5.74) is 2.23. The predicted molar refractivity (Wildman–Crippen MR) is 111 cm³/mol. The summed E-state index contributed by atoms with van der Waals surface area (Å²) < 4.78 is 5.97. The van der Waals surface area contributed by atoms with Crippen molar-refractivity contribution in [2.75, 3.05) is 20.2 Å². The molecule has 1 aliphatic rings. The summed E-state index contributed by atoms with van der Waals surface area (Å²) in [6.07, 6.45) is 6.35. The van der Waals surface area contributed by atoms with Gasteiger partial charge in [-0.2, -0.15) is 0 Å². The van der Waals surface area contributed by atoms with E-state index >= 15 is 0 Å². The average molecular weight is 382 g/mol. The van der Waals surface area contributed by atoms with E-state index in [4.69, 9.17) is 4.74 Å². The molecule has 2 heterocycles. The van der Waals surface area contributed by atoms with Gasteiger partial charge in [0.1, 0.15) is 0 Å². The molecule has 1 aromatic heterocycles. The van der Waals surface area contributed by atoms with Crippen molar-refractivity contribution in [2.45, 2.75) is 50.7 Å². The molecule has 1 aliphatic heterocycles. The summed E-state index contributed by atoms with van der Waals surface area (Å²) >= 11 is 0. The van der Waals surface area contributed by atoms with E-state index in [1.54, 1.807) is 17.3 Å². The normalized spacial score (nSPS) is 21.1. The van der Waals surface area contributed by atoms with Gasteiger partial charge in [0.15, 0.2) is 0 Å². The number of carbonyl (C=O) groups excluding carboxylic acids is 1. The number of hydrogen-bond donors (Lipinski definition) is 1. The van der Waals surface area contributed by atoms with E-state index < -0.39 is 0 Å². The van der Waals surface area contributed by atoms with E-state index in [-0.39, 0.29) is 17.0 Å². The average Bonchev–Trinajstić information content (AvgIpc) is 2.68. The van der Waals surface area contributed by atoms with Crippen LogP contribution in [0.4, 0.5) is 4.79 Å². The van der Waals surface area contributed by atoms with Gasteiger partial charge in [0, 0.05) is 44.6 Å². The highest BCUT2D eigenvalue weighted by Crippen LogP contribution is 2.43. The molecule has 3 rings (SSSR count). The first-order chi connectivity index (χ1) is 13.4. The molecule has 2 amide bonds. The Labute approximate surface area is 168 Å². The number of ether oxygens (including phenoxy) is 1. The second kappa shape index (κ2) is 8.74. The van der Waals surface area contributed by atoms with Crippen molar-refractivity contribution in [1.82, 2.24) is 15.2 Å². The Balaban J connectivity index is 1.62. The Hall–Kier alpha value is -2.40. The van der Waals surface area contributed by atoms with Gasteiger partial charge in [0.25, 0.3) is 0 Å². The lowest BCUT2D eigenvalue weighted by Crippen LogP contribution is -2.46. The minimum atomic E-state index is -0.158. The number of benzene rings is 1. The molecular formula is C23H31N3O2. The number of nitrogens with one attached hydrogen (secondary N) is 1. The van der Waals surface area contributed by atoms with Crippen molar-refractivity contribution in [2.24, 2.45) is 0 Å². The SMILES string of the molecule is CN(Cc1cccnc1)C(=O)NCC[C@]1(c2ccccc2)CCOC(C)(C)C1. The van der Waals surface area contributed by atoms with Gasteiger partial charge < -0.3 is 15.0 Å². The molecule has 0 unspecified atom stereocenters. The molecule has 28 heavy (non-hydrogen) atoms. The first-order valence-electron chi connectivity index (χ1n) is 9.98. The lowest BCUT2D eigenvalue weighted by atomic mass is 9.67. The molecule has 1 fully saturated rings. The number of rotatable bonds is 6. The van der Waals surface area contributed by atoms with E-state index in [0.717, 1.165) is 31.4 Å². The first-order valence-corrected chi connectivity index (χ1v) is 9.98. The molecule has 150 valence electrons. The van der Waals surface area contributed by atoms with E-state index in [0.29, 0.717) is 13.1 Å². The van der Waals surface area contributed by atoms with E-state index in [1.165, 1.54) is 5.56 Å². The van der Waals surface area contributed by atoms with Gasteiger partial charge in [-0.25, -0.2) is 4.79 Å². The lowest BCUT2D eigenvalue weighted by molar-refractivity contribution is -0.0838. The van der Waals surface area contributed by atoms with Crippen LogP contribution in [0.25, 0.3) is 0 Å². The van der Waals surface area contributed by atoms with Crippen LogP contribution in [0.1, 0.15) is 44.2 Å². The third-order valence-electron chi connectivity index (χ3n) is 5.59. The number of aromatic nitrogens is 1. The first kappa shape index (κ1) is 20.3. The lowest BCUT2D eigenvalue weighted by Gasteiger charge is -2.45. The van der Waals surface area contributed by atoms with Gasteiger partial charge in [-0.15, -0.1) is 0 Å². The Morgan fingerprint density at radius 2 is 2.00 bits per heavy atom. The van der Waals surface area contributed by atoms with Crippen LogP contribution in [0, 0.1) is 0 Å². The fourth-order valence-electron chi connectivity index (χ4n) is 4.25. The number of urea groups is 1. The standard InChI is InChI=1S/C23H31N3O2/c1-22(2)18-23(12-15-28-22,20-9-5-4-6-10-20)11-14-25-21(27)26(3)17-19-8-7-13-24-16-19/h4-10,13,16H,11-12,14-15,17-18H2,1-3H3,(H,25,27)/t23-/m0/s1. The van der Waals surface area contributed by atoms with Gasteiger partial charge >= 0.3 is 6.03 Å². The highest BCUT2D eigenvalue weighted by molar-refractivity contribution is 5.73. The van der Waals surface area contributed by atoms with Crippen LogP contribution in [0.2, 0.25) is 0 Å². The van der Waals surface area contributed by atoms with Crippen LogP contribution in [0.15, 0.2) is 54.9 Å². The van der Waals surface area contributed by atoms with Crippen LogP contribution in [-0.4, -0.2) is 41.7 Å². The number of pyridine rings is 1. The second-order valence-electron chi connectivity index (χ2n) is 8.38. The fraction of sp³-hybridized carbons (Fsp3) is 0.478. The Morgan fingerprint density at radius 1 is 1.21 bits per heavy atom. The van der Waals surface area contributed by atoms with Crippen molar-refractivity contribution < 1.29 is 9.53 Å². The number of nitrogens with zero attached hydrogens (tertiary/aromatic N) is 2. The second-order valence-corrected chi connectivity index (χ2v) is 8.38. The third-order valence-corrected chi connectivity index (χ3v) is 5.59. The van der Waals surface area contributed by atoms with Gasteiger partial charge in [-0.3, -0.25) is 4.98 Å². The Kier molecular flexibility index (Phi) is 6.35. The van der Waals surface area contributed by atoms with Gasteiger partial charge in [0.2, 0.25) is 0 Å². The van der Waals surface area contributed by atoms with Crippen LogP contribution in [-0.2, 0) is 16.7 Å². The molecule has 1 atom stereocenters. The number of amides is 2. The molecule has 0 spiro atoms. The molecule has 5 nitrogen and oxygen atoms in total. The van der Waals surface area contributed by atoms with Crippen LogP contribution < -0.4 is 5.32 Å². The molecular weight excluding hydrogens is 350 g/mol. The quantitative estimate of drug-likeness (QED) is 0.818. The molecule has 0 radical (unpaired) electrons. The van der Waals surface area contributed by atoms with Crippen molar-refractivity contribution in [3.8, 4) is 0 Å². The molecule has 5 heteroatoms. The topological polar surface area (TPSA) is 54.5 Å². The maximum Gasteiger partial charge on any atom is 0.317 e. The largest absolute Gasteiger partial charge is 0.376 e. The predicted octanol–water partition coefficient (Wildman–Crippen LogP) is 4.14. The van der Waals surface area contributed by atoms with Crippen molar-refractivity contribution in [1.29, 1.82) is 0 Å². The van der Waals surface area contributed by atoms with Gasteiger partial charge in [0.05, 0.1) is 5.60 Å². The van der Waals surface area contributed by atoms with Gasteiger partial charge in [-0.05, 0) is 50.3 Å². The summed E-state index contributed by atoms with van der Waals surface area (Å²) in [7, 11) is 1.81. The molecule has 0 saturated carbocycles. The van der Waals surface area contributed by atoms with Crippen molar-refractivity contribution >= 4 is 6.03 Å². The molecule has 2 aromatic rings. The minimum absolute atomic E-state index is 0.0260. The molecule has 1 aromatic carbocycles. The maximum atomic E-state index is 12.5. The summed E-state index contributed by atoms with van der Waals surface area (Å²) in [6.45, 7) is 6.25. The maximum absolute atomic E-state index is 12.5. The Morgan fingerprint density at radius 3 is 2.68 bits per heavy atom. The summed E-state index contributed by atoms with van der Waals surface area (Å²) in [4.78, 5) is 18.3. The van der Waals surface area contributed by atoms with Crippen LogP contribution >= 0.6 is 0 Å². The van der Waals surface area contributed by atoms with Crippen molar-refractivity contribution in [3.63, 3.8) is 0 Å². The highest BCUT2D eigenvalue weighted by Gasteiger charge is 2.41. The molecule has 1 saturated heterocycles. The summed E-state index contributed by atoms with van der Waals surface area (Å²) in [6, 6.07) is 14.5. The number of hydrogen-bond acceptors (Lipinski definition) is 3. The van der Waals surface area contributed by atoms with E-state index in [2.05, 4.69) is 54.5 Å².